The maximum absolute atomic E-state index is 12.9. The minimum Gasteiger partial charge on any atom is -0.493 e. The maximum Gasteiger partial charge on any atom is 0.262 e. The van der Waals surface area contributed by atoms with E-state index >= 15 is 0 Å². The van der Waals surface area contributed by atoms with Gasteiger partial charge in [0.05, 0.1) is 0 Å². The molecule has 5 nitrogen and oxygen atoms in total. The van der Waals surface area contributed by atoms with Crippen molar-refractivity contribution in [2.75, 3.05) is 6.61 Å². The van der Waals surface area contributed by atoms with E-state index in [0.29, 0.717) is 12.2 Å². The Labute approximate surface area is 121 Å². The van der Waals surface area contributed by atoms with Crippen LogP contribution in [0.4, 0.5) is 4.39 Å². The molecule has 0 amide bonds. The number of halogens is 1. The van der Waals surface area contributed by atoms with Crippen LogP contribution >= 0.6 is 0 Å². The number of nitrogens with zero attached hydrogens (tertiary/aromatic N) is 1. The van der Waals surface area contributed by atoms with Crippen LogP contribution < -0.4 is 5.56 Å². The molecule has 6 heteroatoms. The predicted octanol–water partition coefficient (Wildman–Crippen LogP) is 2.55. The minimum absolute atomic E-state index is 0.00560. The first kappa shape index (κ1) is 15.2. The molecule has 1 aromatic carbocycles. The fourth-order valence-corrected chi connectivity index (χ4v) is 2.05. The Bertz CT molecular complexity index is 693. The minimum atomic E-state index is -0.827. The number of aromatic nitrogens is 2. The number of aromatic hydroxyl groups is 1. The quantitative estimate of drug-likeness (QED) is 0.908. The van der Waals surface area contributed by atoms with Gasteiger partial charge in [0.2, 0.25) is 5.88 Å². The number of hydrogen-bond acceptors (Lipinski definition) is 4. The summed E-state index contributed by atoms with van der Waals surface area (Å²) >= 11 is 0. The molecule has 2 rings (SSSR count). The van der Waals surface area contributed by atoms with Crippen molar-refractivity contribution in [1.82, 2.24) is 9.97 Å². The Kier molecular flexibility index (Phi) is 4.09. The molecule has 1 aromatic heterocycles. The van der Waals surface area contributed by atoms with E-state index in [1.807, 2.05) is 6.92 Å². The van der Waals surface area contributed by atoms with Gasteiger partial charge in [0.25, 0.3) is 5.56 Å². The van der Waals surface area contributed by atoms with Crippen molar-refractivity contribution in [3.8, 4) is 17.0 Å². The number of benzene rings is 1. The van der Waals surface area contributed by atoms with Crippen molar-refractivity contribution in [3.63, 3.8) is 0 Å². The smallest absolute Gasteiger partial charge is 0.262 e. The zero-order chi connectivity index (χ0) is 15.6. The van der Waals surface area contributed by atoms with Crippen molar-refractivity contribution in [3.05, 3.63) is 46.3 Å². The standard InChI is InChI=1S/C15H17FN2O3/c1-4-21-15(2,3)14-17-12(19)11(13(20)18-14)9-5-7-10(16)8-6-9/h5-8H,4H2,1-3H3,(H2,17,18,19,20). The van der Waals surface area contributed by atoms with Crippen LogP contribution in [-0.4, -0.2) is 21.7 Å². The summed E-state index contributed by atoms with van der Waals surface area (Å²) < 4.78 is 18.4. The van der Waals surface area contributed by atoms with Crippen molar-refractivity contribution in [1.29, 1.82) is 0 Å². The monoisotopic (exact) mass is 292 g/mol. The highest BCUT2D eigenvalue weighted by Gasteiger charge is 2.26. The summed E-state index contributed by atoms with van der Waals surface area (Å²) in [5, 5.41) is 10.0. The van der Waals surface area contributed by atoms with Crippen LogP contribution in [0.5, 0.6) is 5.88 Å². The molecule has 2 aromatic rings. The molecule has 1 heterocycles. The topological polar surface area (TPSA) is 75.2 Å². The average molecular weight is 292 g/mol. The molecular formula is C15H17FN2O3. The molecular weight excluding hydrogens is 275 g/mol. The lowest BCUT2D eigenvalue weighted by Gasteiger charge is -2.23. The number of rotatable bonds is 4. The summed E-state index contributed by atoms with van der Waals surface area (Å²) in [5.41, 5.74) is -0.932. The van der Waals surface area contributed by atoms with E-state index < -0.39 is 22.9 Å². The molecule has 0 saturated carbocycles. The molecule has 0 saturated heterocycles. The van der Waals surface area contributed by atoms with E-state index in [1.54, 1.807) is 13.8 Å². The maximum atomic E-state index is 12.9. The first-order valence-electron chi connectivity index (χ1n) is 6.59. The van der Waals surface area contributed by atoms with Gasteiger partial charge in [-0.25, -0.2) is 4.39 Å². The highest BCUT2D eigenvalue weighted by molar-refractivity contribution is 5.67. The molecule has 0 unspecified atom stereocenters. The van der Waals surface area contributed by atoms with Gasteiger partial charge in [0.1, 0.15) is 22.8 Å². The zero-order valence-electron chi connectivity index (χ0n) is 12.1. The van der Waals surface area contributed by atoms with E-state index in [2.05, 4.69) is 9.97 Å². The highest BCUT2D eigenvalue weighted by atomic mass is 19.1. The first-order chi connectivity index (χ1) is 9.85. The Morgan fingerprint density at radius 2 is 1.95 bits per heavy atom. The molecule has 0 aliphatic rings. The number of nitrogens with one attached hydrogen (secondary N) is 1. The molecule has 0 radical (unpaired) electrons. The van der Waals surface area contributed by atoms with E-state index in [1.165, 1.54) is 24.3 Å². The van der Waals surface area contributed by atoms with Crippen LogP contribution in [0.15, 0.2) is 29.1 Å². The van der Waals surface area contributed by atoms with Crippen LogP contribution in [0.25, 0.3) is 11.1 Å². The second-order valence-corrected chi connectivity index (χ2v) is 5.06. The van der Waals surface area contributed by atoms with Gasteiger partial charge < -0.3 is 14.8 Å². The molecule has 112 valence electrons. The van der Waals surface area contributed by atoms with Gasteiger partial charge >= 0.3 is 0 Å². The third kappa shape index (κ3) is 3.11. The Hall–Kier alpha value is -2.21. The van der Waals surface area contributed by atoms with Gasteiger partial charge in [0, 0.05) is 6.61 Å². The Balaban J connectivity index is 2.52. The first-order valence-corrected chi connectivity index (χ1v) is 6.59. The summed E-state index contributed by atoms with van der Waals surface area (Å²) in [6.45, 7) is 5.75. The van der Waals surface area contributed by atoms with Gasteiger partial charge in [-0.3, -0.25) is 4.79 Å². The predicted molar refractivity (Wildman–Crippen MR) is 76.6 cm³/mol. The van der Waals surface area contributed by atoms with Gasteiger partial charge in [-0.1, -0.05) is 12.1 Å². The van der Waals surface area contributed by atoms with Crippen molar-refractivity contribution in [2.24, 2.45) is 0 Å². The summed E-state index contributed by atoms with van der Waals surface area (Å²) in [6, 6.07) is 5.25. The number of ether oxygens (including phenoxy) is 1. The van der Waals surface area contributed by atoms with Crippen molar-refractivity contribution in [2.45, 2.75) is 26.4 Å². The third-order valence-corrected chi connectivity index (χ3v) is 3.11. The van der Waals surface area contributed by atoms with E-state index in [-0.39, 0.29) is 11.4 Å². The van der Waals surface area contributed by atoms with Crippen LogP contribution in [-0.2, 0) is 10.3 Å². The summed E-state index contributed by atoms with van der Waals surface area (Å²) in [7, 11) is 0. The van der Waals surface area contributed by atoms with Crippen LogP contribution in [0.3, 0.4) is 0 Å². The van der Waals surface area contributed by atoms with Gasteiger partial charge in [-0.15, -0.1) is 0 Å². The summed E-state index contributed by atoms with van der Waals surface area (Å²) in [6.07, 6.45) is 0. The molecule has 0 atom stereocenters. The molecule has 0 aliphatic heterocycles. The van der Waals surface area contributed by atoms with Gasteiger partial charge in [0.15, 0.2) is 0 Å². The van der Waals surface area contributed by atoms with Crippen molar-refractivity contribution >= 4 is 0 Å². The molecule has 0 bridgehead atoms. The van der Waals surface area contributed by atoms with Gasteiger partial charge in [-0.05, 0) is 38.5 Å². The third-order valence-electron chi connectivity index (χ3n) is 3.11. The van der Waals surface area contributed by atoms with E-state index in [4.69, 9.17) is 4.74 Å². The second kappa shape index (κ2) is 5.65. The van der Waals surface area contributed by atoms with Crippen LogP contribution in [0.1, 0.15) is 26.6 Å². The number of aromatic amines is 1. The normalized spacial score (nSPS) is 11.6. The van der Waals surface area contributed by atoms with Crippen LogP contribution in [0, 0.1) is 5.82 Å². The number of H-pyrrole nitrogens is 1. The number of hydrogen-bond donors (Lipinski definition) is 2. The Morgan fingerprint density at radius 3 is 2.48 bits per heavy atom. The lowest BCUT2D eigenvalue weighted by atomic mass is 10.1. The van der Waals surface area contributed by atoms with Crippen LogP contribution in [0.2, 0.25) is 0 Å². The fourth-order valence-electron chi connectivity index (χ4n) is 2.05. The Morgan fingerprint density at radius 1 is 1.33 bits per heavy atom. The SMILES string of the molecule is CCOC(C)(C)c1nc(O)c(-c2ccc(F)cc2)c(=O)[nH]1. The molecule has 21 heavy (non-hydrogen) atoms. The summed E-state index contributed by atoms with van der Waals surface area (Å²) in [5.74, 6) is -0.595. The average Bonchev–Trinajstić information content (AvgIpc) is 2.40. The molecule has 0 fully saturated rings. The fraction of sp³-hybridized carbons (Fsp3) is 0.333. The second-order valence-electron chi connectivity index (χ2n) is 5.06. The van der Waals surface area contributed by atoms with E-state index in [9.17, 15) is 14.3 Å². The highest BCUT2D eigenvalue weighted by Crippen LogP contribution is 2.27. The lowest BCUT2D eigenvalue weighted by molar-refractivity contribution is -0.0213. The van der Waals surface area contributed by atoms with Crippen molar-refractivity contribution < 1.29 is 14.2 Å². The lowest BCUT2D eigenvalue weighted by Crippen LogP contribution is -2.28. The van der Waals surface area contributed by atoms with Gasteiger partial charge in [-0.2, -0.15) is 4.98 Å². The summed E-state index contributed by atoms with van der Waals surface area (Å²) in [4.78, 5) is 18.8. The molecule has 2 N–H and O–H groups in total. The van der Waals surface area contributed by atoms with E-state index in [0.717, 1.165) is 0 Å². The molecule has 0 spiro atoms. The molecule has 0 aliphatic carbocycles. The zero-order valence-corrected chi connectivity index (χ0v) is 12.1. The largest absolute Gasteiger partial charge is 0.493 e.